The van der Waals surface area contributed by atoms with E-state index in [1.165, 1.54) is 29.4 Å². The molecule has 20 heavy (non-hydrogen) atoms. The lowest BCUT2D eigenvalue weighted by molar-refractivity contribution is 0.334. The number of benzene rings is 1. The van der Waals surface area contributed by atoms with Crippen LogP contribution in [0.3, 0.4) is 0 Å². The van der Waals surface area contributed by atoms with Crippen LogP contribution in [0, 0.1) is 12.7 Å². The van der Waals surface area contributed by atoms with Crippen molar-refractivity contribution in [2.45, 2.75) is 37.0 Å². The summed E-state index contributed by atoms with van der Waals surface area (Å²) in [5, 5.41) is -0.229. The van der Waals surface area contributed by atoms with Gasteiger partial charge in [-0.2, -0.15) is 4.31 Å². The summed E-state index contributed by atoms with van der Waals surface area (Å²) in [5.41, 5.74) is 0.124. The number of halogens is 1. The summed E-state index contributed by atoms with van der Waals surface area (Å²) in [4.78, 5) is -0.00997. The molecule has 0 unspecified atom stereocenters. The molecule has 1 heterocycles. The summed E-state index contributed by atoms with van der Waals surface area (Å²) in [5.74, 6) is -0.216. The molecule has 1 aliphatic rings. The molecule has 0 amide bonds. The number of nitrogens with zero attached hydrogens (tertiary/aromatic N) is 1. The fourth-order valence-electron chi connectivity index (χ4n) is 2.36. The SMILES string of the molecule is Cc1c(F)cccc1S(=O)(=O)N1CC[S@@](=O)[C@H](C)[C@@H]1C. The summed E-state index contributed by atoms with van der Waals surface area (Å²) in [6.07, 6.45) is 0. The van der Waals surface area contributed by atoms with Crippen molar-refractivity contribution in [2.75, 3.05) is 12.3 Å². The molecule has 0 aromatic heterocycles. The average molecular weight is 319 g/mol. The number of rotatable bonds is 2. The Hall–Kier alpha value is -0.790. The van der Waals surface area contributed by atoms with Crippen molar-refractivity contribution >= 4 is 20.8 Å². The Morgan fingerprint density at radius 2 is 2.00 bits per heavy atom. The third kappa shape index (κ3) is 2.54. The summed E-state index contributed by atoms with van der Waals surface area (Å²) < 4.78 is 52.0. The van der Waals surface area contributed by atoms with Crippen molar-refractivity contribution in [3.63, 3.8) is 0 Å². The zero-order chi connectivity index (χ0) is 15.1. The maximum Gasteiger partial charge on any atom is 0.243 e. The minimum atomic E-state index is -3.76. The topological polar surface area (TPSA) is 54.5 Å². The molecule has 1 aromatic rings. The fourth-order valence-corrected chi connectivity index (χ4v) is 5.82. The van der Waals surface area contributed by atoms with Crippen LogP contribution in [0.2, 0.25) is 0 Å². The van der Waals surface area contributed by atoms with E-state index in [0.29, 0.717) is 5.75 Å². The highest BCUT2D eigenvalue weighted by Gasteiger charge is 2.38. The quantitative estimate of drug-likeness (QED) is 0.833. The standard InChI is InChI=1S/C13H18FNO3S2/c1-9-12(14)5-4-6-13(9)20(17,18)15-7-8-19(16)11(3)10(15)2/h4-6,10-11H,7-8H2,1-3H3/t10-,11+,19+/m0/s1. The van der Waals surface area contributed by atoms with Crippen LogP contribution in [0.5, 0.6) is 0 Å². The monoisotopic (exact) mass is 319 g/mol. The van der Waals surface area contributed by atoms with E-state index < -0.39 is 26.6 Å². The highest BCUT2D eigenvalue weighted by atomic mass is 32.2. The molecule has 1 saturated heterocycles. The second kappa shape index (κ2) is 5.54. The molecule has 0 N–H and O–H groups in total. The Kier molecular flexibility index (Phi) is 4.32. The van der Waals surface area contributed by atoms with E-state index in [4.69, 9.17) is 0 Å². The zero-order valence-corrected chi connectivity index (χ0v) is 13.3. The highest BCUT2D eigenvalue weighted by Crippen LogP contribution is 2.27. The Bertz CT molecular complexity index is 645. The van der Waals surface area contributed by atoms with Crippen molar-refractivity contribution in [1.29, 1.82) is 0 Å². The minimum absolute atomic E-state index is 0.00997. The number of hydrogen-bond acceptors (Lipinski definition) is 3. The molecular formula is C13H18FNO3S2. The van der Waals surface area contributed by atoms with E-state index in [1.54, 1.807) is 13.8 Å². The van der Waals surface area contributed by atoms with Crippen molar-refractivity contribution in [1.82, 2.24) is 4.31 Å². The van der Waals surface area contributed by atoms with Crippen LogP contribution in [-0.2, 0) is 20.8 Å². The third-order valence-electron chi connectivity index (χ3n) is 3.87. The summed E-state index contributed by atoms with van der Waals surface area (Å²) in [6, 6.07) is 3.69. The van der Waals surface area contributed by atoms with Crippen LogP contribution >= 0.6 is 0 Å². The first-order chi connectivity index (χ1) is 9.26. The maximum absolute atomic E-state index is 13.6. The second-order valence-electron chi connectivity index (χ2n) is 5.01. The first-order valence-corrected chi connectivity index (χ1v) is 9.23. The van der Waals surface area contributed by atoms with Gasteiger partial charge in [-0.15, -0.1) is 0 Å². The van der Waals surface area contributed by atoms with E-state index in [2.05, 4.69) is 0 Å². The number of hydrogen-bond donors (Lipinski definition) is 0. The molecule has 4 nitrogen and oxygen atoms in total. The van der Waals surface area contributed by atoms with Crippen LogP contribution in [0.4, 0.5) is 4.39 Å². The Balaban J connectivity index is 2.45. The molecular weight excluding hydrogens is 301 g/mol. The maximum atomic E-state index is 13.6. The van der Waals surface area contributed by atoms with Gasteiger partial charge in [0.2, 0.25) is 10.0 Å². The van der Waals surface area contributed by atoms with Crippen LogP contribution in [0.15, 0.2) is 23.1 Å². The van der Waals surface area contributed by atoms with Crippen molar-refractivity contribution < 1.29 is 17.0 Å². The van der Waals surface area contributed by atoms with Gasteiger partial charge in [0, 0.05) is 40.0 Å². The molecule has 7 heteroatoms. The first-order valence-electron chi connectivity index (χ1n) is 6.41. The van der Waals surface area contributed by atoms with Gasteiger partial charge in [-0.25, -0.2) is 12.8 Å². The van der Waals surface area contributed by atoms with Gasteiger partial charge in [0.15, 0.2) is 0 Å². The van der Waals surface area contributed by atoms with E-state index >= 15 is 0 Å². The third-order valence-corrected chi connectivity index (χ3v) is 7.80. The zero-order valence-electron chi connectivity index (χ0n) is 11.7. The van der Waals surface area contributed by atoms with Crippen molar-refractivity contribution in [3.8, 4) is 0 Å². The van der Waals surface area contributed by atoms with Gasteiger partial charge in [-0.3, -0.25) is 4.21 Å². The Morgan fingerprint density at radius 3 is 2.65 bits per heavy atom. The van der Waals surface area contributed by atoms with Gasteiger partial charge in [0.1, 0.15) is 5.82 Å². The lowest BCUT2D eigenvalue weighted by Crippen LogP contribution is -2.52. The van der Waals surface area contributed by atoms with Gasteiger partial charge in [0.25, 0.3) is 0 Å². The van der Waals surface area contributed by atoms with Gasteiger partial charge >= 0.3 is 0 Å². The minimum Gasteiger partial charge on any atom is -0.259 e. The van der Waals surface area contributed by atoms with E-state index in [1.807, 2.05) is 0 Å². The second-order valence-corrected chi connectivity index (χ2v) is 8.78. The molecule has 1 fully saturated rings. The Labute approximate surface area is 121 Å². The van der Waals surface area contributed by atoms with Crippen molar-refractivity contribution in [3.05, 3.63) is 29.6 Å². The molecule has 3 atom stereocenters. The normalized spacial score (nSPS) is 28.5. The molecule has 0 saturated carbocycles. The van der Waals surface area contributed by atoms with Gasteiger partial charge in [0.05, 0.1) is 4.90 Å². The van der Waals surface area contributed by atoms with Crippen LogP contribution < -0.4 is 0 Å². The van der Waals surface area contributed by atoms with Crippen LogP contribution in [0.1, 0.15) is 19.4 Å². The molecule has 0 bridgehead atoms. The molecule has 2 rings (SSSR count). The summed E-state index contributed by atoms with van der Waals surface area (Å²) >= 11 is 0. The smallest absolute Gasteiger partial charge is 0.243 e. The van der Waals surface area contributed by atoms with Crippen LogP contribution in [0.25, 0.3) is 0 Å². The van der Waals surface area contributed by atoms with E-state index in [-0.39, 0.29) is 28.3 Å². The molecule has 0 aliphatic carbocycles. The molecule has 0 spiro atoms. The van der Waals surface area contributed by atoms with Gasteiger partial charge < -0.3 is 0 Å². The fraction of sp³-hybridized carbons (Fsp3) is 0.538. The predicted octanol–water partition coefficient (Wildman–Crippen LogP) is 1.66. The summed E-state index contributed by atoms with van der Waals surface area (Å²) in [7, 11) is -4.78. The molecule has 1 aliphatic heterocycles. The van der Waals surface area contributed by atoms with Gasteiger partial charge in [-0.1, -0.05) is 6.07 Å². The average Bonchev–Trinajstić information content (AvgIpc) is 2.38. The van der Waals surface area contributed by atoms with Crippen molar-refractivity contribution in [2.24, 2.45) is 0 Å². The predicted molar refractivity (Wildman–Crippen MR) is 77.0 cm³/mol. The highest BCUT2D eigenvalue weighted by molar-refractivity contribution is 7.89. The molecule has 1 aromatic carbocycles. The number of sulfonamides is 1. The molecule has 112 valence electrons. The van der Waals surface area contributed by atoms with E-state index in [0.717, 1.165) is 0 Å². The van der Waals surface area contributed by atoms with E-state index in [9.17, 15) is 17.0 Å². The van der Waals surface area contributed by atoms with Gasteiger partial charge in [-0.05, 0) is 32.9 Å². The lowest BCUT2D eigenvalue weighted by Gasteiger charge is -2.36. The summed E-state index contributed by atoms with van der Waals surface area (Å²) in [6.45, 7) is 5.18. The largest absolute Gasteiger partial charge is 0.259 e. The molecule has 0 radical (unpaired) electrons. The van der Waals surface area contributed by atoms with Crippen LogP contribution in [-0.4, -0.2) is 40.5 Å². The Morgan fingerprint density at radius 1 is 1.35 bits per heavy atom. The first kappa shape index (κ1) is 15.6. The lowest BCUT2D eigenvalue weighted by atomic mass is 10.2.